The van der Waals surface area contributed by atoms with Crippen LogP contribution in [0.25, 0.3) is 0 Å². The molecule has 1 aromatic carbocycles. The van der Waals surface area contributed by atoms with Gasteiger partial charge >= 0.3 is 0 Å². The number of methoxy groups -OCH3 is 2. The summed E-state index contributed by atoms with van der Waals surface area (Å²) in [7, 11) is 5.17. The van der Waals surface area contributed by atoms with Crippen LogP contribution in [0.15, 0.2) is 23.2 Å². The van der Waals surface area contributed by atoms with Crippen LogP contribution in [0, 0.1) is 0 Å². The van der Waals surface area contributed by atoms with Crippen LogP contribution in [0.2, 0.25) is 5.02 Å². The summed E-state index contributed by atoms with van der Waals surface area (Å²) in [6.45, 7) is 4.76. The maximum atomic E-state index is 6.17. The number of hydrogen-bond acceptors (Lipinski definition) is 5. The maximum Gasteiger partial charge on any atom is 0.191 e. The zero-order valence-corrected chi connectivity index (χ0v) is 20.7. The molecule has 0 radical (unpaired) electrons. The number of halogens is 2. The van der Waals surface area contributed by atoms with Gasteiger partial charge < -0.3 is 29.7 Å². The van der Waals surface area contributed by atoms with Gasteiger partial charge in [-0.15, -0.1) is 24.0 Å². The first kappa shape index (κ1) is 26.1. The van der Waals surface area contributed by atoms with E-state index in [0.29, 0.717) is 19.3 Å². The van der Waals surface area contributed by atoms with E-state index in [1.165, 1.54) is 0 Å². The topological polar surface area (TPSA) is 67.4 Å². The van der Waals surface area contributed by atoms with E-state index in [1.807, 2.05) is 18.2 Å². The first-order valence-corrected chi connectivity index (χ1v) is 10.2. The summed E-state index contributed by atoms with van der Waals surface area (Å²) in [4.78, 5) is 6.64. The van der Waals surface area contributed by atoms with E-state index < -0.39 is 0 Å². The Morgan fingerprint density at radius 1 is 1.24 bits per heavy atom. The van der Waals surface area contributed by atoms with Crippen molar-refractivity contribution in [3.05, 3.63) is 23.2 Å². The molecule has 7 nitrogen and oxygen atoms in total. The van der Waals surface area contributed by atoms with Gasteiger partial charge in [0.2, 0.25) is 0 Å². The average molecular weight is 541 g/mol. The Morgan fingerprint density at radius 3 is 2.79 bits per heavy atom. The van der Waals surface area contributed by atoms with Crippen LogP contribution in [-0.2, 0) is 9.47 Å². The van der Waals surface area contributed by atoms with Crippen LogP contribution in [0.4, 0.5) is 5.69 Å². The number of anilines is 1. The van der Waals surface area contributed by atoms with Crippen LogP contribution in [-0.4, -0.2) is 72.7 Å². The summed E-state index contributed by atoms with van der Waals surface area (Å²) >= 11 is 6.17. The normalized spacial score (nSPS) is 16.5. The van der Waals surface area contributed by atoms with Gasteiger partial charge in [-0.1, -0.05) is 11.6 Å². The van der Waals surface area contributed by atoms with Crippen LogP contribution in [0.5, 0.6) is 5.75 Å². The lowest BCUT2D eigenvalue weighted by Gasteiger charge is -2.22. The number of nitrogens with zero attached hydrogens (tertiary/aromatic N) is 2. The average Bonchev–Trinajstić information content (AvgIpc) is 3.17. The fraction of sp³-hybridized carbons (Fsp3) is 0.650. The van der Waals surface area contributed by atoms with Crippen molar-refractivity contribution in [1.29, 1.82) is 0 Å². The maximum absolute atomic E-state index is 6.17. The van der Waals surface area contributed by atoms with Gasteiger partial charge in [-0.25, -0.2) is 0 Å². The van der Waals surface area contributed by atoms with Crippen LogP contribution < -0.4 is 20.3 Å². The molecular formula is C20H34ClIN4O3. The van der Waals surface area contributed by atoms with Crippen molar-refractivity contribution < 1.29 is 14.2 Å². The monoisotopic (exact) mass is 540 g/mol. The molecule has 29 heavy (non-hydrogen) atoms. The minimum atomic E-state index is 0. The van der Waals surface area contributed by atoms with E-state index in [4.69, 9.17) is 25.8 Å². The van der Waals surface area contributed by atoms with Crippen molar-refractivity contribution in [3.63, 3.8) is 0 Å². The predicted octanol–water partition coefficient (Wildman–Crippen LogP) is 3.15. The quantitative estimate of drug-likeness (QED) is 0.195. The van der Waals surface area contributed by atoms with Gasteiger partial charge in [0.05, 0.1) is 26.0 Å². The van der Waals surface area contributed by atoms with E-state index in [-0.39, 0.29) is 24.0 Å². The standard InChI is InChI=1S/C20H33ClN4O3.HI/c1-22-20(23-9-4-5-11-28-13-12-26-2)24-17-8-10-25(15-17)18-14-16(21)6-7-19(18)27-3;/h6-7,14,17H,4-5,8-13,15H2,1-3H3,(H2,22,23,24);1H. The fourth-order valence-electron chi connectivity index (χ4n) is 3.18. The Hall–Kier alpha value is -0.970. The molecule has 1 aliphatic rings. The summed E-state index contributed by atoms with van der Waals surface area (Å²) in [5, 5.41) is 7.61. The zero-order valence-electron chi connectivity index (χ0n) is 17.6. The third-order valence-electron chi connectivity index (χ3n) is 4.67. The Morgan fingerprint density at radius 2 is 2.07 bits per heavy atom. The molecule has 0 spiro atoms. The molecule has 1 atom stereocenters. The molecule has 1 saturated heterocycles. The second kappa shape index (κ2) is 14.9. The van der Waals surface area contributed by atoms with Gasteiger partial charge in [0, 0.05) is 51.5 Å². The molecule has 1 fully saturated rings. The third kappa shape index (κ3) is 9.15. The highest BCUT2D eigenvalue weighted by molar-refractivity contribution is 14.0. The van der Waals surface area contributed by atoms with E-state index in [2.05, 4.69) is 20.5 Å². The fourth-order valence-corrected chi connectivity index (χ4v) is 3.34. The Balaban J connectivity index is 0.00000420. The Bertz CT molecular complexity index is 621. The lowest BCUT2D eigenvalue weighted by Crippen LogP contribution is -2.44. The van der Waals surface area contributed by atoms with E-state index in [1.54, 1.807) is 21.3 Å². The number of guanidine groups is 1. The molecule has 2 rings (SSSR count). The number of unbranched alkanes of at least 4 members (excludes halogenated alkanes) is 1. The summed E-state index contributed by atoms with van der Waals surface area (Å²) < 4.78 is 15.9. The van der Waals surface area contributed by atoms with Crippen molar-refractivity contribution in [2.75, 3.05) is 65.6 Å². The van der Waals surface area contributed by atoms with Crippen LogP contribution >= 0.6 is 35.6 Å². The van der Waals surface area contributed by atoms with Gasteiger partial charge in [-0.3, -0.25) is 4.99 Å². The molecular weight excluding hydrogens is 507 g/mol. The van der Waals surface area contributed by atoms with E-state index in [9.17, 15) is 0 Å². The molecule has 0 aliphatic carbocycles. The van der Waals surface area contributed by atoms with Crippen molar-refractivity contribution in [1.82, 2.24) is 10.6 Å². The highest BCUT2D eigenvalue weighted by atomic mass is 127. The largest absolute Gasteiger partial charge is 0.495 e. The number of nitrogens with one attached hydrogen (secondary N) is 2. The highest BCUT2D eigenvalue weighted by Gasteiger charge is 2.25. The molecule has 9 heteroatoms. The van der Waals surface area contributed by atoms with Gasteiger partial charge in [-0.05, 0) is 37.5 Å². The molecule has 1 heterocycles. The number of aliphatic imine (C=N–C) groups is 1. The molecule has 1 unspecified atom stereocenters. The van der Waals surface area contributed by atoms with E-state index >= 15 is 0 Å². The second-order valence-corrected chi connectivity index (χ2v) is 7.14. The molecule has 0 aromatic heterocycles. The van der Waals surface area contributed by atoms with Crippen molar-refractivity contribution in [3.8, 4) is 5.75 Å². The lowest BCUT2D eigenvalue weighted by molar-refractivity contribution is 0.0689. The van der Waals surface area contributed by atoms with Gasteiger partial charge in [0.25, 0.3) is 0 Å². The highest BCUT2D eigenvalue weighted by Crippen LogP contribution is 2.33. The summed E-state index contributed by atoms with van der Waals surface area (Å²) in [5.41, 5.74) is 1.04. The predicted molar refractivity (Wildman–Crippen MR) is 130 cm³/mol. The minimum Gasteiger partial charge on any atom is -0.495 e. The zero-order chi connectivity index (χ0) is 20.2. The van der Waals surface area contributed by atoms with Gasteiger partial charge in [0.15, 0.2) is 5.96 Å². The van der Waals surface area contributed by atoms with Crippen molar-refractivity contribution >= 4 is 47.2 Å². The van der Waals surface area contributed by atoms with Gasteiger partial charge in [0.1, 0.15) is 5.75 Å². The summed E-state index contributed by atoms with van der Waals surface area (Å²) in [6.07, 6.45) is 3.08. The number of ether oxygens (including phenoxy) is 3. The second-order valence-electron chi connectivity index (χ2n) is 6.70. The summed E-state index contributed by atoms with van der Waals surface area (Å²) in [6, 6.07) is 6.05. The SMILES string of the molecule is CN=C(NCCCCOCCOC)NC1CCN(c2cc(Cl)ccc2OC)C1.I. The lowest BCUT2D eigenvalue weighted by atomic mass is 10.2. The molecule has 2 N–H and O–H groups in total. The Labute approximate surface area is 196 Å². The molecule has 1 aliphatic heterocycles. The number of benzene rings is 1. The van der Waals surface area contributed by atoms with Crippen LogP contribution in [0.1, 0.15) is 19.3 Å². The van der Waals surface area contributed by atoms with Crippen LogP contribution in [0.3, 0.4) is 0 Å². The van der Waals surface area contributed by atoms with Crippen molar-refractivity contribution in [2.24, 2.45) is 4.99 Å². The molecule has 1 aromatic rings. The summed E-state index contributed by atoms with van der Waals surface area (Å²) in [5.74, 6) is 1.69. The smallest absolute Gasteiger partial charge is 0.191 e. The minimum absolute atomic E-state index is 0. The molecule has 0 amide bonds. The molecule has 0 saturated carbocycles. The van der Waals surface area contributed by atoms with Gasteiger partial charge in [-0.2, -0.15) is 0 Å². The first-order chi connectivity index (χ1) is 13.7. The number of rotatable bonds is 11. The van der Waals surface area contributed by atoms with Crippen molar-refractivity contribution in [2.45, 2.75) is 25.3 Å². The first-order valence-electron chi connectivity index (χ1n) is 9.80. The molecule has 0 bridgehead atoms. The Kier molecular flexibility index (Phi) is 13.4. The van der Waals surface area contributed by atoms with E-state index in [0.717, 1.165) is 67.9 Å². The third-order valence-corrected chi connectivity index (χ3v) is 4.91. The molecule has 166 valence electrons. The number of hydrogen-bond donors (Lipinski definition) is 2.